The van der Waals surface area contributed by atoms with Gasteiger partial charge in [0.2, 0.25) is 0 Å². The summed E-state index contributed by atoms with van der Waals surface area (Å²) in [6, 6.07) is 8.03. The first-order valence-corrected chi connectivity index (χ1v) is 5.88. The van der Waals surface area contributed by atoms with Gasteiger partial charge in [0.05, 0.1) is 7.11 Å². The van der Waals surface area contributed by atoms with Gasteiger partial charge >= 0.3 is 0 Å². The molecule has 0 aliphatic heterocycles. The second-order valence-corrected chi connectivity index (χ2v) is 4.71. The lowest BCUT2D eigenvalue weighted by Crippen LogP contribution is -2.24. The first-order valence-electron chi connectivity index (χ1n) is 5.88. The SMILES string of the molecule is CCCC(C)(CO)Cc1ccccc1OC. The topological polar surface area (TPSA) is 29.5 Å². The summed E-state index contributed by atoms with van der Waals surface area (Å²) in [4.78, 5) is 0. The Bertz CT molecular complexity index is 322. The number of para-hydroxylation sites is 1. The Morgan fingerprint density at radius 2 is 2.00 bits per heavy atom. The molecule has 1 aromatic rings. The minimum Gasteiger partial charge on any atom is -0.496 e. The summed E-state index contributed by atoms with van der Waals surface area (Å²) in [5.74, 6) is 0.915. The Labute approximate surface area is 98.3 Å². The number of benzene rings is 1. The summed E-state index contributed by atoms with van der Waals surface area (Å²) in [5.41, 5.74) is 1.14. The molecule has 1 N–H and O–H groups in total. The third-order valence-corrected chi connectivity index (χ3v) is 3.05. The predicted octanol–water partition coefficient (Wildman–Crippen LogP) is 3.04. The van der Waals surface area contributed by atoms with E-state index in [2.05, 4.69) is 19.9 Å². The molecule has 0 fully saturated rings. The lowest BCUT2D eigenvalue weighted by molar-refractivity contribution is 0.130. The average molecular weight is 222 g/mol. The van der Waals surface area contributed by atoms with Crippen LogP contribution in [-0.2, 0) is 6.42 Å². The van der Waals surface area contributed by atoms with Gasteiger partial charge in [-0.1, -0.05) is 38.5 Å². The van der Waals surface area contributed by atoms with Crippen molar-refractivity contribution in [2.24, 2.45) is 5.41 Å². The molecule has 1 unspecified atom stereocenters. The van der Waals surface area contributed by atoms with E-state index in [1.807, 2.05) is 18.2 Å². The van der Waals surface area contributed by atoms with Gasteiger partial charge in [-0.05, 0) is 29.9 Å². The summed E-state index contributed by atoms with van der Waals surface area (Å²) < 4.78 is 5.33. The highest BCUT2D eigenvalue weighted by Crippen LogP contribution is 2.31. The Morgan fingerprint density at radius 1 is 1.31 bits per heavy atom. The summed E-state index contributed by atoms with van der Waals surface area (Å²) in [7, 11) is 1.69. The van der Waals surface area contributed by atoms with Gasteiger partial charge in [0.1, 0.15) is 5.75 Å². The van der Waals surface area contributed by atoms with Gasteiger partial charge in [0.25, 0.3) is 0 Å². The van der Waals surface area contributed by atoms with E-state index in [1.165, 1.54) is 5.56 Å². The van der Waals surface area contributed by atoms with E-state index < -0.39 is 0 Å². The Balaban J connectivity index is 2.85. The lowest BCUT2D eigenvalue weighted by Gasteiger charge is -2.27. The number of hydrogen-bond acceptors (Lipinski definition) is 2. The smallest absolute Gasteiger partial charge is 0.122 e. The lowest BCUT2D eigenvalue weighted by atomic mass is 9.80. The fraction of sp³-hybridized carbons (Fsp3) is 0.571. The Hall–Kier alpha value is -1.02. The minimum atomic E-state index is -0.0383. The Morgan fingerprint density at radius 3 is 2.56 bits per heavy atom. The van der Waals surface area contributed by atoms with Crippen LogP contribution in [0.3, 0.4) is 0 Å². The van der Waals surface area contributed by atoms with E-state index >= 15 is 0 Å². The molecule has 0 heterocycles. The van der Waals surface area contributed by atoms with Crippen molar-refractivity contribution in [1.82, 2.24) is 0 Å². The van der Waals surface area contributed by atoms with E-state index in [0.29, 0.717) is 0 Å². The van der Waals surface area contributed by atoms with E-state index in [0.717, 1.165) is 25.0 Å². The zero-order chi connectivity index (χ0) is 12.0. The molecule has 90 valence electrons. The second kappa shape index (κ2) is 5.90. The minimum absolute atomic E-state index is 0.0383. The van der Waals surface area contributed by atoms with Crippen molar-refractivity contribution in [3.8, 4) is 5.75 Å². The van der Waals surface area contributed by atoms with Crippen molar-refractivity contribution in [2.75, 3.05) is 13.7 Å². The monoisotopic (exact) mass is 222 g/mol. The van der Waals surface area contributed by atoms with E-state index in [9.17, 15) is 5.11 Å². The zero-order valence-electron chi connectivity index (χ0n) is 10.5. The molecule has 1 atom stereocenters. The molecule has 1 aromatic carbocycles. The molecule has 0 saturated carbocycles. The first kappa shape index (κ1) is 13.0. The molecule has 0 aliphatic rings. The van der Waals surface area contributed by atoms with E-state index in [1.54, 1.807) is 7.11 Å². The van der Waals surface area contributed by atoms with Crippen molar-refractivity contribution < 1.29 is 9.84 Å². The predicted molar refractivity (Wildman–Crippen MR) is 66.8 cm³/mol. The van der Waals surface area contributed by atoms with Crippen LogP contribution in [0.2, 0.25) is 0 Å². The van der Waals surface area contributed by atoms with Crippen LogP contribution in [0.15, 0.2) is 24.3 Å². The summed E-state index contributed by atoms with van der Waals surface area (Å²) >= 11 is 0. The Kier molecular flexibility index (Phi) is 4.81. The highest BCUT2D eigenvalue weighted by molar-refractivity contribution is 5.34. The molecule has 0 spiro atoms. The molecule has 1 rings (SSSR count). The van der Waals surface area contributed by atoms with Crippen LogP contribution >= 0.6 is 0 Å². The standard InChI is InChI=1S/C14H22O2/c1-4-9-14(2,11-15)10-12-7-5-6-8-13(12)16-3/h5-8,15H,4,9-11H2,1-3H3. The molecule has 0 aromatic heterocycles. The third kappa shape index (κ3) is 3.24. The van der Waals surface area contributed by atoms with Gasteiger partial charge in [-0.25, -0.2) is 0 Å². The molecule has 2 heteroatoms. The number of methoxy groups -OCH3 is 1. The molecule has 0 bridgehead atoms. The first-order chi connectivity index (χ1) is 7.65. The van der Waals surface area contributed by atoms with E-state index in [-0.39, 0.29) is 12.0 Å². The van der Waals surface area contributed by atoms with Crippen molar-refractivity contribution in [2.45, 2.75) is 33.1 Å². The van der Waals surface area contributed by atoms with Crippen LogP contribution < -0.4 is 4.74 Å². The van der Waals surface area contributed by atoms with Gasteiger partial charge in [-0.15, -0.1) is 0 Å². The average Bonchev–Trinajstić information content (AvgIpc) is 2.30. The van der Waals surface area contributed by atoms with Gasteiger partial charge < -0.3 is 9.84 Å². The van der Waals surface area contributed by atoms with Crippen LogP contribution in [0.1, 0.15) is 32.3 Å². The van der Waals surface area contributed by atoms with Crippen molar-refractivity contribution in [3.63, 3.8) is 0 Å². The van der Waals surface area contributed by atoms with Crippen LogP contribution in [-0.4, -0.2) is 18.8 Å². The summed E-state index contributed by atoms with van der Waals surface area (Å²) in [6.45, 7) is 4.50. The molecular formula is C14H22O2. The van der Waals surface area contributed by atoms with Gasteiger partial charge in [-0.3, -0.25) is 0 Å². The highest BCUT2D eigenvalue weighted by Gasteiger charge is 2.24. The zero-order valence-corrected chi connectivity index (χ0v) is 10.5. The molecule has 0 aliphatic carbocycles. The molecule has 2 nitrogen and oxygen atoms in total. The third-order valence-electron chi connectivity index (χ3n) is 3.05. The molecule has 0 radical (unpaired) electrons. The largest absolute Gasteiger partial charge is 0.496 e. The maximum absolute atomic E-state index is 9.50. The van der Waals surface area contributed by atoms with Crippen LogP contribution in [0, 0.1) is 5.41 Å². The maximum Gasteiger partial charge on any atom is 0.122 e. The van der Waals surface area contributed by atoms with Crippen LogP contribution in [0.5, 0.6) is 5.75 Å². The van der Waals surface area contributed by atoms with Crippen molar-refractivity contribution in [1.29, 1.82) is 0 Å². The number of aliphatic hydroxyl groups is 1. The number of aliphatic hydroxyl groups excluding tert-OH is 1. The maximum atomic E-state index is 9.50. The summed E-state index contributed by atoms with van der Waals surface area (Å²) in [6.07, 6.45) is 2.98. The van der Waals surface area contributed by atoms with Gasteiger partial charge in [0, 0.05) is 6.61 Å². The molecule has 0 saturated heterocycles. The molecule has 16 heavy (non-hydrogen) atoms. The van der Waals surface area contributed by atoms with E-state index in [4.69, 9.17) is 4.74 Å². The van der Waals surface area contributed by atoms with Crippen LogP contribution in [0.25, 0.3) is 0 Å². The second-order valence-electron chi connectivity index (χ2n) is 4.71. The van der Waals surface area contributed by atoms with Gasteiger partial charge in [0.15, 0.2) is 0 Å². The van der Waals surface area contributed by atoms with Crippen LogP contribution in [0.4, 0.5) is 0 Å². The quantitative estimate of drug-likeness (QED) is 0.801. The fourth-order valence-electron chi connectivity index (χ4n) is 2.14. The number of ether oxygens (including phenoxy) is 1. The number of hydrogen-bond donors (Lipinski definition) is 1. The van der Waals surface area contributed by atoms with Gasteiger partial charge in [-0.2, -0.15) is 0 Å². The summed E-state index contributed by atoms with van der Waals surface area (Å²) in [5, 5.41) is 9.50. The highest BCUT2D eigenvalue weighted by atomic mass is 16.5. The normalized spacial score (nSPS) is 14.5. The van der Waals surface area contributed by atoms with Crippen molar-refractivity contribution >= 4 is 0 Å². The molecular weight excluding hydrogens is 200 g/mol. The molecule has 0 amide bonds. The fourth-order valence-corrected chi connectivity index (χ4v) is 2.14. The van der Waals surface area contributed by atoms with Crippen molar-refractivity contribution in [3.05, 3.63) is 29.8 Å². The number of rotatable bonds is 6.